The number of para-hydroxylation sites is 1. The quantitative estimate of drug-likeness (QED) is 0.458. The number of aryl methyl sites for hydroxylation is 1. The van der Waals surface area contributed by atoms with E-state index >= 15 is 0 Å². The van der Waals surface area contributed by atoms with Crippen molar-refractivity contribution in [3.05, 3.63) is 65.0 Å². The molecule has 1 aliphatic rings. The fraction of sp³-hybridized carbons (Fsp3) is 0.150. The summed E-state index contributed by atoms with van der Waals surface area (Å²) in [5, 5.41) is 6.05. The van der Waals surface area contributed by atoms with Crippen LogP contribution in [-0.2, 0) is 13.0 Å². The number of halogens is 1. The fourth-order valence-corrected chi connectivity index (χ4v) is 3.99. The second kappa shape index (κ2) is 5.77. The minimum Gasteiger partial charge on any atom is -0.268 e. The van der Waals surface area contributed by atoms with Crippen LogP contribution in [0.4, 0.5) is 0 Å². The summed E-state index contributed by atoms with van der Waals surface area (Å²) >= 11 is 3.48. The number of rotatable bonds is 2. The van der Waals surface area contributed by atoms with E-state index in [1.54, 1.807) is 0 Å². The van der Waals surface area contributed by atoms with Gasteiger partial charge in [-0.25, -0.2) is 4.98 Å². The average molecular weight is 391 g/mol. The lowest BCUT2D eigenvalue weighted by atomic mass is 9.97. The van der Waals surface area contributed by atoms with Crippen molar-refractivity contribution < 1.29 is 0 Å². The van der Waals surface area contributed by atoms with Crippen molar-refractivity contribution in [3.8, 4) is 22.5 Å². The van der Waals surface area contributed by atoms with E-state index in [2.05, 4.69) is 54.8 Å². The molecule has 0 unspecified atom stereocenters. The van der Waals surface area contributed by atoms with Gasteiger partial charge >= 0.3 is 0 Å². The molecule has 0 saturated carbocycles. The number of pyridine rings is 2. The minimum absolute atomic E-state index is 0.823. The van der Waals surface area contributed by atoms with Crippen molar-refractivity contribution >= 4 is 26.8 Å². The van der Waals surface area contributed by atoms with E-state index in [1.807, 2.05) is 30.5 Å². The summed E-state index contributed by atoms with van der Waals surface area (Å²) in [5.74, 6) is 0. The third-order valence-electron chi connectivity index (χ3n) is 4.72. The third kappa shape index (κ3) is 2.38. The van der Waals surface area contributed by atoms with Crippen LogP contribution in [0.3, 0.4) is 0 Å². The van der Waals surface area contributed by atoms with Gasteiger partial charge in [0.1, 0.15) is 10.3 Å². The number of nitrogens with zero attached hydrogens (tertiary/aromatic N) is 4. The Morgan fingerprint density at radius 1 is 1.00 bits per heavy atom. The highest BCUT2D eigenvalue weighted by Gasteiger charge is 2.25. The molecule has 0 amide bonds. The van der Waals surface area contributed by atoms with Gasteiger partial charge in [0, 0.05) is 29.4 Å². The number of benzene rings is 1. The van der Waals surface area contributed by atoms with Crippen LogP contribution in [0.15, 0.2) is 59.3 Å². The first-order chi connectivity index (χ1) is 12.3. The lowest BCUT2D eigenvalue weighted by Gasteiger charge is -2.08. The summed E-state index contributed by atoms with van der Waals surface area (Å²) in [5.41, 5.74) is 6.53. The molecule has 4 nitrogen and oxygen atoms in total. The second-order valence-corrected chi connectivity index (χ2v) is 7.03. The first-order valence-electron chi connectivity index (χ1n) is 8.38. The minimum atomic E-state index is 0.823. The third-order valence-corrected chi connectivity index (χ3v) is 5.16. The Morgan fingerprint density at radius 3 is 2.84 bits per heavy atom. The molecule has 0 N–H and O–H groups in total. The molecule has 1 aromatic carbocycles. The highest BCUT2D eigenvalue weighted by atomic mass is 79.9. The topological polar surface area (TPSA) is 43.6 Å². The number of fused-ring (bicyclic) bond motifs is 2. The van der Waals surface area contributed by atoms with Gasteiger partial charge in [0.05, 0.1) is 11.2 Å². The van der Waals surface area contributed by atoms with Crippen molar-refractivity contribution in [1.82, 2.24) is 19.7 Å². The van der Waals surface area contributed by atoms with Crippen LogP contribution in [0.5, 0.6) is 0 Å². The van der Waals surface area contributed by atoms with Gasteiger partial charge in [0.25, 0.3) is 0 Å². The highest BCUT2D eigenvalue weighted by molar-refractivity contribution is 9.10. The molecular formula is C20H15BrN4. The normalized spacial score (nSPS) is 13.3. The maximum absolute atomic E-state index is 4.90. The predicted octanol–water partition coefficient (Wildman–Crippen LogP) is 4.87. The van der Waals surface area contributed by atoms with Crippen LogP contribution < -0.4 is 0 Å². The molecule has 5 heteroatoms. The van der Waals surface area contributed by atoms with Gasteiger partial charge < -0.3 is 0 Å². The number of hydrogen-bond donors (Lipinski definition) is 0. The maximum Gasteiger partial charge on any atom is 0.119 e. The molecule has 0 spiro atoms. The van der Waals surface area contributed by atoms with Crippen LogP contribution in [0, 0.1) is 0 Å². The van der Waals surface area contributed by atoms with E-state index in [9.17, 15) is 0 Å². The first-order valence-corrected chi connectivity index (χ1v) is 9.17. The molecule has 122 valence electrons. The van der Waals surface area contributed by atoms with Gasteiger partial charge in [-0.1, -0.05) is 24.3 Å². The van der Waals surface area contributed by atoms with Crippen molar-refractivity contribution in [2.24, 2.45) is 0 Å². The highest BCUT2D eigenvalue weighted by Crippen LogP contribution is 2.39. The van der Waals surface area contributed by atoms with Crippen molar-refractivity contribution in [2.45, 2.75) is 19.4 Å². The first kappa shape index (κ1) is 14.8. The SMILES string of the molecule is Brc1cccc(-c2nn3c(c2-c2ccnc4ccccc24)CCC3)n1. The molecular weight excluding hydrogens is 376 g/mol. The molecule has 0 radical (unpaired) electrons. The maximum atomic E-state index is 4.90. The number of hydrogen-bond acceptors (Lipinski definition) is 3. The molecule has 0 aliphatic carbocycles. The summed E-state index contributed by atoms with van der Waals surface area (Å²) in [6, 6.07) is 16.3. The predicted molar refractivity (Wildman–Crippen MR) is 102 cm³/mol. The van der Waals surface area contributed by atoms with Crippen molar-refractivity contribution in [2.75, 3.05) is 0 Å². The Bertz CT molecular complexity index is 1090. The second-order valence-electron chi connectivity index (χ2n) is 6.22. The molecule has 5 rings (SSSR count). The molecule has 0 atom stereocenters. The Kier molecular flexibility index (Phi) is 3.41. The fourth-order valence-electron chi connectivity index (χ4n) is 3.65. The van der Waals surface area contributed by atoms with Crippen LogP contribution in [0.1, 0.15) is 12.1 Å². The van der Waals surface area contributed by atoms with Crippen LogP contribution in [0.2, 0.25) is 0 Å². The smallest absolute Gasteiger partial charge is 0.119 e. The standard InChI is InChI=1S/C20H15BrN4/c21-18-9-3-7-16(23-18)20-19(17-8-4-12-25(17)24-20)14-10-11-22-15-6-2-1-5-13(14)15/h1-3,5-7,9-11H,4,8,12H2. The molecule has 4 aromatic rings. The average Bonchev–Trinajstić information content (AvgIpc) is 3.22. The Balaban J connectivity index is 1.84. The molecule has 25 heavy (non-hydrogen) atoms. The van der Waals surface area contributed by atoms with E-state index in [4.69, 9.17) is 5.10 Å². The molecule has 0 saturated heterocycles. The molecule has 0 fully saturated rings. The monoisotopic (exact) mass is 390 g/mol. The van der Waals surface area contributed by atoms with Crippen LogP contribution in [-0.4, -0.2) is 19.7 Å². The zero-order valence-corrected chi connectivity index (χ0v) is 15.1. The van der Waals surface area contributed by atoms with Gasteiger partial charge in [-0.2, -0.15) is 5.10 Å². The van der Waals surface area contributed by atoms with E-state index in [-0.39, 0.29) is 0 Å². The largest absolute Gasteiger partial charge is 0.268 e. The summed E-state index contributed by atoms with van der Waals surface area (Å²) in [4.78, 5) is 9.16. The number of aromatic nitrogens is 4. The molecule has 3 aromatic heterocycles. The lowest BCUT2D eigenvalue weighted by Crippen LogP contribution is -1.94. The Labute approximate surface area is 153 Å². The molecule has 4 heterocycles. The van der Waals surface area contributed by atoms with Gasteiger partial charge in [-0.15, -0.1) is 0 Å². The van der Waals surface area contributed by atoms with Crippen molar-refractivity contribution in [1.29, 1.82) is 0 Å². The van der Waals surface area contributed by atoms with E-state index < -0.39 is 0 Å². The Hall–Kier alpha value is -2.53. The van der Waals surface area contributed by atoms with E-state index in [0.717, 1.165) is 46.3 Å². The van der Waals surface area contributed by atoms with Crippen LogP contribution >= 0.6 is 15.9 Å². The lowest BCUT2D eigenvalue weighted by molar-refractivity contribution is 0.658. The zero-order chi connectivity index (χ0) is 16.8. The summed E-state index contributed by atoms with van der Waals surface area (Å²) < 4.78 is 2.96. The van der Waals surface area contributed by atoms with Gasteiger partial charge in [0.2, 0.25) is 0 Å². The molecule has 0 bridgehead atoms. The summed E-state index contributed by atoms with van der Waals surface area (Å²) in [6.45, 7) is 0.972. The van der Waals surface area contributed by atoms with Crippen LogP contribution in [0.25, 0.3) is 33.4 Å². The van der Waals surface area contributed by atoms with E-state index in [0.29, 0.717) is 0 Å². The summed E-state index contributed by atoms with van der Waals surface area (Å²) in [6.07, 6.45) is 4.08. The molecule has 1 aliphatic heterocycles. The Morgan fingerprint density at radius 2 is 1.92 bits per heavy atom. The summed E-state index contributed by atoms with van der Waals surface area (Å²) in [7, 11) is 0. The zero-order valence-electron chi connectivity index (χ0n) is 13.5. The van der Waals surface area contributed by atoms with Gasteiger partial charge in [-0.3, -0.25) is 9.67 Å². The van der Waals surface area contributed by atoms with Gasteiger partial charge in [0.15, 0.2) is 0 Å². The van der Waals surface area contributed by atoms with Crippen molar-refractivity contribution in [3.63, 3.8) is 0 Å². The van der Waals surface area contributed by atoms with Gasteiger partial charge in [-0.05, 0) is 58.6 Å². The van der Waals surface area contributed by atoms with E-state index in [1.165, 1.54) is 16.8 Å².